The van der Waals surface area contributed by atoms with Crippen molar-refractivity contribution in [3.05, 3.63) is 108 Å². The van der Waals surface area contributed by atoms with Gasteiger partial charge in [-0.2, -0.15) is 0 Å². The lowest BCUT2D eigenvalue weighted by Crippen LogP contribution is -2.42. The van der Waals surface area contributed by atoms with Crippen LogP contribution in [0.5, 0.6) is 0 Å². The minimum absolute atomic E-state index is 0.168. The quantitative estimate of drug-likeness (QED) is 0.286. The molecule has 0 radical (unpaired) electrons. The van der Waals surface area contributed by atoms with Crippen LogP contribution in [0.4, 0.5) is 5.69 Å². The summed E-state index contributed by atoms with van der Waals surface area (Å²) >= 11 is 0. The predicted octanol–water partition coefficient (Wildman–Crippen LogP) is 5.90. The summed E-state index contributed by atoms with van der Waals surface area (Å²) in [6, 6.07) is 28.6. The SMILES string of the molecule is CCc1ccccc1N(CC(=O)NCC(C)Cc1cccc2ccccc12)S(=O)(=O)c1ccc(C)cc1. The van der Waals surface area contributed by atoms with Crippen LogP contribution in [0.2, 0.25) is 0 Å². The first-order valence-corrected chi connectivity index (χ1v) is 14.1. The van der Waals surface area contributed by atoms with Crippen molar-refractivity contribution in [1.82, 2.24) is 5.32 Å². The molecule has 1 unspecified atom stereocenters. The third-order valence-electron chi connectivity index (χ3n) is 6.63. The molecule has 1 N–H and O–H groups in total. The number of aryl methyl sites for hydroxylation is 2. The van der Waals surface area contributed by atoms with E-state index in [1.54, 1.807) is 36.4 Å². The van der Waals surface area contributed by atoms with Gasteiger partial charge in [-0.15, -0.1) is 0 Å². The van der Waals surface area contributed by atoms with Crippen LogP contribution in [0.1, 0.15) is 30.5 Å². The monoisotopic (exact) mass is 514 g/mol. The van der Waals surface area contributed by atoms with Crippen molar-refractivity contribution in [2.24, 2.45) is 5.92 Å². The first kappa shape index (κ1) is 26.4. The number of carbonyl (C=O) groups excluding carboxylic acids is 1. The van der Waals surface area contributed by atoms with E-state index >= 15 is 0 Å². The third kappa shape index (κ3) is 6.20. The Morgan fingerprint density at radius 3 is 2.27 bits per heavy atom. The second-order valence-electron chi connectivity index (χ2n) is 9.56. The van der Waals surface area contributed by atoms with E-state index in [1.807, 2.05) is 38.1 Å². The van der Waals surface area contributed by atoms with Crippen LogP contribution in [0.25, 0.3) is 10.8 Å². The molecule has 0 spiro atoms. The number of para-hydroxylation sites is 1. The Morgan fingerprint density at radius 1 is 0.865 bits per heavy atom. The highest BCUT2D eigenvalue weighted by Gasteiger charge is 2.28. The van der Waals surface area contributed by atoms with Gasteiger partial charge in [0.1, 0.15) is 6.54 Å². The topological polar surface area (TPSA) is 66.5 Å². The number of fused-ring (bicyclic) bond motifs is 1. The Morgan fingerprint density at radius 2 is 1.51 bits per heavy atom. The molecule has 0 aliphatic heterocycles. The summed E-state index contributed by atoms with van der Waals surface area (Å²) in [5.74, 6) is -0.147. The summed E-state index contributed by atoms with van der Waals surface area (Å²) in [5.41, 5.74) is 3.61. The number of hydrogen-bond acceptors (Lipinski definition) is 3. The molecule has 1 amide bonds. The van der Waals surface area contributed by atoms with E-state index in [9.17, 15) is 13.2 Å². The molecule has 0 fully saturated rings. The molecule has 37 heavy (non-hydrogen) atoms. The molecular weight excluding hydrogens is 480 g/mol. The first-order valence-electron chi connectivity index (χ1n) is 12.7. The van der Waals surface area contributed by atoms with Crippen LogP contribution in [0.3, 0.4) is 0 Å². The lowest BCUT2D eigenvalue weighted by Gasteiger charge is -2.26. The predicted molar refractivity (Wildman–Crippen MR) is 151 cm³/mol. The van der Waals surface area contributed by atoms with E-state index in [1.165, 1.54) is 20.6 Å². The average Bonchev–Trinajstić information content (AvgIpc) is 2.91. The van der Waals surface area contributed by atoms with Crippen molar-refractivity contribution in [2.45, 2.75) is 38.5 Å². The smallest absolute Gasteiger partial charge is 0.264 e. The van der Waals surface area contributed by atoms with E-state index < -0.39 is 10.0 Å². The van der Waals surface area contributed by atoms with Gasteiger partial charge in [0.05, 0.1) is 10.6 Å². The number of anilines is 1. The van der Waals surface area contributed by atoms with E-state index in [2.05, 4.69) is 42.6 Å². The zero-order valence-corrected chi connectivity index (χ0v) is 22.5. The number of nitrogens with one attached hydrogen (secondary N) is 1. The summed E-state index contributed by atoms with van der Waals surface area (Å²) in [6.07, 6.45) is 1.46. The molecule has 0 aliphatic carbocycles. The summed E-state index contributed by atoms with van der Waals surface area (Å²) < 4.78 is 28.6. The molecule has 0 aromatic heterocycles. The number of sulfonamides is 1. The van der Waals surface area contributed by atoms with Gasteiger partial charge in [0.15, 0.2) is 0 Å². The fraction of sp³-hybridized carbons (Fsp3) is 0.258. The summed E-state index contributed by atoms with van der Waals surface area (Å²) in [5, 5.41) is 5.39. The van der Waals surface area contributed by atoms with Gasteiger partial charge in [0, 0.05) is 6.54 Å². The molecule has 4 aromatic carbocycles. The van der Waals surface area contributed by atoms with Gasteiger partial charge in [0.25, 0.3) is 10.0 Å². The van der Waals surface area contributed by atoms with Crippen molar-refractivity contribution in [2.75, 3.05) is 17.4 Å². The van der Waals surface area contributed by atoms with E-state index in [-0.39, 0.29) is 23.3 Å². The van der Waals surface area contributed by atoms with Gasteiger partial charge < -0.3 is 5.32 Å². The number of rotatable bonds is 10. The van der Waals surface area contributed by atoms with Gasteiger partial charge >= 0.3 is 0 Å². The lowest BCUT2D eigenvalue weighted by molar-refractivity contribution is -0.119. The third-order valence-corrected chi connectivity index (χ3v) is 8.41. The van der Waals surface area contributed by atoms with Crippen molar-refractivity contribution < 1.29 is 13.2 Å². The van der Waals surface area contributed by atoms with Gasteiger partial charge in [-0.3, -0.25) is 9.10 Å². The Bertz CT molecular complexity index is 1470. The lowest BCUT2D eigenvalue weighted by atomic mass is 9.96. The summed E-state index contributed by atoms with van der Waals surface area (Å²) in [6.45, 7) is 6.15. The highest BCUT2D eigenvalue weighted by Crippen LogP contribution is 2.28. The molecule has 4 aromatic rings. The van der Waals surface area contributed by atoms with Gasteiger partial charge in [0.2, 0.25) is 5.91 Å². The molecule has 192 valence electrons. The highest BCUT2D eigenvalue weighted by molar-refractivity contribution is 7.92. The molecule has 1 atom stereocenters. The largest absolute Gasteiger partial charge is 0.354 e. The summed E-state index contributed by atoms with van der Waals surface area (Å²) in [4.78, 5) is 13.3. The van der Waals surface area contributed by atoms with E-state index in [0.717, 1.165) is 17.5 Å². The molecular formula is C31H34N2O3S. The Balaban J connectivity index is 1.51. The molecule has 0 bridgehead atoms. The maximum absolute atomic E-state index is 13.7. The number of benzene rings is 4. The minimum atomic E-state index is -3.94. The standard InChI is InChI=1S/C31H34N2O3S/c1-4-25-10-6-8-15-30(25)33(37(35,36)28-18-16-23(2)17-19-28)22-31(34)32-21-24(3)20-27-13-9-12-26-11-5-7-14-29(26)27/h5-19,24H,4,20-22H2,1-3H3,(H,32,34). The molecule has 0 heterocycles. The second kappa shape index (κ2) is 11.6. The average molecular weight is 515 g/mol. The second-order valence-corrected chi connectivity index (χ2v) is 11.4. The number of nitrogens with zero attached hydrogens (tertiary/aromatic N) is 1. The minimum Gasteiger partial charge on any atom is -0.354 e. The highest BCUT2D eigenvalue weighted by atomic mass is 32.2. The molecule has 6 heteroatoms. The van der Waals surface area contributed by atoms with Crippen LogP contribution in [0, 0.1) is 12.8 Å². The molecule has 0 aliphatic rings. The Labute approximate surface area is 220 Å². The zero-order chi connectivity index (χ0) is 26.4. The fourth-order valence-electron chi connectivity index (χ4n) is 4.58. The Hall–Kier alpha value is -3.64. The number of amides is 1. The molecule has 4 rings (SSSR count). The van der Waals surface area contributed by atoms with Crippen molar-refractivity contribution in [3.8, 4) is 0 Å². The molecule has 0 saturated heterocycles. The van der Waals surface area contributed by atoms with Crippen LogP contribution in [-0.2, 0) is 27.7 Å². The van der Waals surface area contributed by atoms with Gasteiger partial charge in [-0.05, 0) is 65.8 Å². The van der Waals surface area contributed by atoms with Crippen molar-refractivity contribution in [1.29, 1.82) is 0 Å². The molecule has 0 saturated carbocycles. The fourth-order valence-corrected chi connectivity index (χ4v) is 6.04. The van der Waals surface area contributed by atoms with Gasteiger partial charge in [-0.1, -0.05) is 92.2 Å². The van der Waals surface area contributed by atoms with Crippen LogP contribution < -0.4 is 9.62 Å². The van der Waals surface area contributed by atoms with Crippen LogP contribution >= 0.6 is 0 Å². The van der Waals surface area contributed by atoms with E-state index in [0.29, 0.717) is 18.7 Å². The van der Waals surface area contributed by atoms with Crippen LogP contribution in [-0.4, -0.2) is 27.4 Å². The van der Waals surface area contributed by atoms with Crippen LogP contribution in [0.15, 0.2) is 95.9 Å². The van der Waals surface area contributed by atoms with Gasteiger partial charge in [-0.25, -0.2) is 8.42 Å². The zero-order valence-electron chi connectivity index (χ0n) is 21.6. The number of carbonyl (C=O) groups is 1. The summed E-state index contributed by atoms with van der Waals surface area (Å²) in [7, 11) is -3.94. The first-order chi connectivity index (χ1) is 17.8. The maximum atomic E-state index is 13.7. The number of hydrogen-bond donors (Lipinski definition) is 1. The van der Waals surface area contributed by atoms with E-state index in [4.69, 9.17) is 0 Å². The van der Waals surface area contributed by atoms with Crippen molar-refractivity contribution >= 4 is 32.4 Å². The maximum Gasteiger partial charge on any atom is 0.264 e. The normalized spacial score (nSPS) is 12.3. The molecule has 5 nitrogen and oxygen atoms in total. The Kier molecular flexibility index (Phi) is 8.29. The van der Waals surface area contributed by atoms with Crippen molar-refractivity contribution in [3.63, 3.8) is 0 Å².